The van der Waals surface area contributed by atoms with Crippen molar-refractivity contribution >= 4 is 0 Å². The Morgan fingerprint density at radius 1 is 0.632 bits per heavy atom. The van der Waals surface area contributed by atoms with E-state index in [0.29, 0.717) is 0 Å². The van der Waals surface area contributed by atoms with Gasteiger partial charge in [0.15, 0.2) is 0 Å². The zero-order valence-electron chi connectivity index (χ0n) is 15.0. The normalized spacial score (nSPS) is 20.1. The average molecular weight is 269 g/mol. The zero-order valence-corrected chi connectivity index (χ0v) is 15.0. The van der Waals surface area contributed by atoms with Gasteiger partial charge in [-0.1, -0.05) is 81.1 Å². The maximum absolute atomic E-state index is 2.49. The molecule has 0 saturated carbocycles. The molecule has 19 heavy (non-hydrogen) atoms. The molecule has 0 aromatic heterocycles. The van der Waals surface area contributed by atoms with Crippen molar-refractivity contribution in [1.82, 2.24) is 0 Å². The van der Waals surface area contributed by atoms with E-state index >= 15 is 0 Å². The van der Waals surface area contributed by atoms with Crippen LogP contribution in [-0.2, 0) is 0 Å². The first-order chi connectivity index (χ1) is 8.84. The molecule has 0 heterocycles. The fourth-order valence-electron chi connectivity index (χ4n) is 3.54. The van der Waals surface area contributed by atoms with E-state index in [9.17, 15) is 0 Å². The summed E-state index contributed by atoms with van der Waals surface area (Å²) in [5.41, 5.74) is 0. The van der Waals surface area contributed by atoms with Crippen LogP contribution in [0.3, 0.4) is 0 Å². The third kappa shape index (κ3) is 6.82. The lowest BCUT2D eigenvalue weighted by Crippen LogP contribution is -2.25. The first-order valence-corrected chi connectivity index (χ1v) is 8.84. The number of hydrogen-bond donors (Lipinski definition) is 0. The van der Waals surface area contributed by atoms with Gasteiger partial charge in [-0.3, -0.25) is 0 Å². The Kier molecular flexibility index (Phi) is 9.83. The highest BCUT2D eigenvalue weighted by Crippen LogP contribution is 2.35. The van der Waals surface area contributed by atoms with Gasteiger partial charge in [-0.05, 0) is 41.9 Å². The Morgan fingerprint density at radius 2 is 1.11 bits per heavy atom. The van der Waals surface area contributed by atoms with E-state index in [1.807, 2.05) is 0 Å². The fourth-order valence-corrected chi connectivity index (χ4v) is 3.54. The summed E-state index contributed by atoms with van der Waals surface area (Å²) in [5.74, 6) is 5.25. The number of rotatable bonds is 10. The molecule has 0 spiro atoms. The summed E-state index contributed by atoms with van der Waals surface area (Å²) < 4.78 is 0. The van der Waals surface area contributed by atoms with E-state index in [2.05, 4.69) is 55.4 Å². The first kappa shape index (κ1) is 19.0. The van der Waals surface area contributed by atoms with Crippen molar-refractivity contribution in [2.45, 2.75) is 87.5 Å². The second-order valence-electron chi connectivity index (χ2n) is 7.49. The quantitative estimate of drug-likeness (QED) is 0.409. The van der Waals surface area contributed by atoms with Crippen molar-refractivity contribution in [1.29, 1.82) is 0 Å². The highest BCUT2D eigenvalue weighted by atomic mass is 14.3. The van der Waals surface area contributed by atoms with Crippen LogP contribution in [0.5, 0.6) is 0 Å². The van der Waals surface area contributed by atoms with Crippen LogP contribution in [0, 0.1) is 35.5 Å². The van der Waals surface area contributed by atoms with Gasteiger partial charge in [0.25, 0.3) is 0 Å². The minimum Gasteiger partial charge on any atom is -0.0654 e. The topological polar surface area (TPSA) is 0 Å². The van der Waals surface area contributed by atoms with Crippen LogP contribution in [-0.4, -0.2) is 0 Å². The third-order valence-corrected chi connectivity index (χ3v) is 5.65. The SMILES string of the molecule is CCCC(C)C(C)C(C)C(C)CC(CCC)C(C)C. The monoisotopic (exact) mass is 268 g/mol. The Labute approximate surface area is 123 Å². The van der Waals surface area contributed by atoms with Crippen LogP contribution >= 0.6 is 0 Å². The van der Waals surface area contributed by atoms with Crippen LogP contribution in [0.25, 0.3) is 0 Å². The molecule has 0 saturated heterocycles. The summed E-state index contributed by atoms with van der Waals surface area (Å²) in [7, 11) is 0. The minimum absolute atomic E-state index is 0.845. The molecule has 0 radical (unpaired) electrons. The lowest BCUT2D eigenvalue weighted by atomic mass is 9.72. The molecule has 0 amide bonds. The molecule has 0 bridgehead atoms. The molecule has 0 N–H and O–H groups in total. The Balaban J connectivity index is 4.41. The predicted molar refractivity (Wildman–Crippen MR) is 89.4 cm³/mol. The Bertz CT molecular complexity index is 206. The number of hydrogen-bond acceptors (Lipinski definition) is 0. The van der Waals surface area contributed by atoms with Crippen molar-refractivity contribution < 1.29 is 0 Å². The Morgan fingerprint density at radius 3 is 1.53 bits per heavy atom. The van der Waals surface area contributed by atoms with E-state index in [4.69, 9.17) is 0 Å². The van der Waals surface area contributed by atoms with Crippen molar-refractivity contribution in [3.05, 3.63) is 0 Å². The van der Waals surface area contributed by atoms with Gasteiger partial charge in [-0.25, -0.2) is 0 Å². The standard InChI is InChI=1S/C19H40/c1-9-11-15(5)17(7)18(8)16(6)13-19(12-10-2)14(3)4/h14-19H,9-13H2,1-8H3. The molecule has 0 aromatic carbocycles. The van der Waals surface area contributed by atoms with Crippen molar-refractivity contribution in [3.8, 4) is 0 Å². The van der Waals surface area contributed by atoms with Gasteiger partial charge in [-0.2, -0.15) is 0 Å². The average Bonchev–Trinajstić information content (AvgIpc) is 2.36. The van der Waals surface area contributed by atoms with Gasteiger partial charge in [-0.15, -0.1) is 0 Å². The van der Waals surface area contributed by atoms with Gasteiger partial charge in [0.1, 0.15) is 0 Å². The molecule has 0 aliphatic carbocycles. The molecule has 0 aliphatic heterocycles. The second-order valence-corrected chi connectivity index (χ2v) is 7.49. The van der Waals surface area contributed by atoms with E-state index in [-0.39, 0.29) is 0 Å². The first-order valence-electron chi connectivity index (χ1n) is 8.84. The molecular weight excluding hydrogens is 228 g/mol. The van der Waals surface area contributed by atoms with Crippen LogP contribution in [0.15, 0.2) is 0 Å². The summed E-state index contributed by atoms with van der Waals surface area (Å²) in [6.45, 7) is 19.4. The second kappa shape index (κ2) is 9.83. The molecule has 0 heteroatoms. The van der Waals surface area contributed by atoms with Crippen LogP contribution in [0.1, 0.15) is 87.5 Å². The lowest BCUT2D eigenvalue weighted by Gasteiger charge is -2.33. The molecule has 0 aliphatic rings. The van der Waals surface area contributed by atoms with E-state index in [1.54, 1.807) is 0 Å². The summed E-state index contributed by atoms with van der Waals surface area (Å²) in [6, 6.07) is 0. The summed E-state index contributed by atoms with van der Waals surface area (Å²) >= 11 is 0. The summed E-state index contributed by atoms with van der Waals surface area (Å²) in [6.07, 6.45) is 6.90. The van der Waals surface area contributed by atoms with Crippen molar-refractivity contribution in [3.63, 3.8) is 0 Å². The molecule has 116 valence electrons. The van der Waals surface area contributed by atoms with Gasteiger partial charge in [0, 0.05) is 0 Å². The molecular formula is C19H40. The summed E-state index contributed by atoms with van der Waals surface area (Å²) in [4.78, 5) is 0. The molecule has 0 nitrogen and oxygen atoms in total. The Hall–Kier alpha value is 0. The van der Waals surface area contributed by atoms with Crippen molar-refractivity contribution in [2.24, 2.45) is 35.5 Å². The molecule has 5 atom stereocenters. The largest absolute Gasteiger partial charge is 0.0654 e. The molecule has 0 fully saturated rings. The van der Waals surface area contributed by atoms with Crippen molar-refractivity contribution in [2.75, 3.05) is 0 Å². The third-order valence-electron chi connectivity index (χ3n) is 5.65. The van der Waals surface area contributed by atoms with Crippen LogP contribution in [0.2, 0.25) is 0 Å². The van der Waals surface area contributed by atoms with E-state index in [0.717, 1.165) is 35.5 Å². The van der Waals surface area contributed by atoms with E-state index < -0.39 is 0 Å². The zero-order chi connectivity index (χ0) is 15.0. The molecule has 5 unspecified atom stereocenters. The van der Waals surface area contributed by atoms with E-state index in [1.165, 1.54) is 32.1 Å². The van der Waals surface area contributed by atoms with Gasteiger partial charge in [0.05, 0.1) is 0 Å². The predicted octanol–water partition coefficient (Wildman–Crippen LogP) is 6.79. The van der Waals surface area contributed by atoms with Gasteiger partial charge < -0.3 is 0 Å². The van der Waals surface area contributed by atoms with Gasteiger partial charge in [0.2, 0.25) is 0 Å². The highest BCUT2D eigenvalue weighted by molar-refractivity contribution is 4.76. The maximum atomic E-state index is 2.49. The minimum atomic E-state index is 0.845. The van der Waals surface area contributed by atoms with Gasteiger partial charge >= 0.3 is 0 Å². The smallest absolute Gasteiger partial charge is 0.0389 e. The molecule has 0 aromatic rings. The van der Waals surface area contributed by atoms with Crippen LogP contribution < -0.4 is 0 Å². The van der Waals surface area contributed by atoms with Crippen LogP contribution in [0.4, 0.5) is 0 Å². The maximum Gasteiger partial charge on any atom is -0.0389 e. The molecule has 0 rings (SSSR count). The highest BCUT2D eigenvalue weighted by Gasteiger charge is 2.26. The fraction of sp³-hybridized carbons (Fsp3) is 1.00. The summed E-state index contributed by atoms with van der Waals surface area (Å²) in [5, 5.41) is 0. The lowest BCUT2D eigenvalue weighted by molar-refractivity contribution is 0.164.